The van der Waals surface area contributed by atoms with Gasteiger partial charge in [-0.15, -0.1) is 0 Å². The van der Waals surface area contributed by atoms with Crippen LogP contribution in [-0.2, 0) is 4.74 Å². The van der Waals surface area contributed by atoms with Crippen LogP contribution >= 0.6 is 0 Å². The van der Waals surface area contributed by atoms with Crippen LogP contribution in [-0.4, -0.2) is 12.7 Å². The normalized spacial score (nSPS) is 29.2. The highest BCUT2D eigenvalue weighted by molar-refractivity contribution is 5.01. The minimum Gasteiger partial charge on any atom is -0.378 e. The highest BCUT2D eigenvalue weighted by Gasteiger charge is 2.16. The third kappa shape index (κ3) is 2.10. The van der Waals surface area contributed by atoms with Gasteiger partial charge in [0, 0.05) is 6.61 Å². The van der Waals surface area contributed by atoms with E-state index >= 15 is 0 Å². The van der Waals surface area contributed by atoms with Crippen molar-refractivity contribution in [2.45, 2.75) is 44.6 Å². The van der Waals surface area contributed by atoms with Crippen molar-refractivity contribution in [3.05, 3.63) is 12.2 Å². The van der Waals surface area contributed by atoms with E-state index < -0.39 is 0 Å². The van der Waals surface area contributed by atoms with E-state index in [0.717, 1.165) is 12.5 Å². The topological polar surface area (TPSA) is 9.23 Å². The first-order chi connectivity index (χ1) is 5.95. The van der Waals surface area contributed by atoms with Crippen molar-refractivity contribution in [1.82, 2.24) is 0 Å². The molecule has 0 spiro atoms. The fraction of sp³-hybridized carbons (Fsp3) is 0.818. The summed E-state index contributed by atoms with van der Waals surface area (Å²) in [6, 6.07) is 0. The number of allylic oxidation sites excluding steroid dienone is 2. The van der Waals surface area contributed by atoms with Crippen LogP contribution in [0.5, 0.6) is 0 Å². The average Bonchev–Trinajstić information content (AvgIpc) is 2.46. The van der Waals surface area contributed by atoms with Crippen LogP contribution in [0.15, 0.2) is 12.2 Å². The Balaban J connectivity index is 1.53. The van der Waals surface area contributed by atoms with E-state index in [1.807, 2.05) is 0 Å². The van der Waals surface area contributed by atoms with E-state index in [1.165, 1.54) is 38.5 Å². The number of rotatable bonds is 4. The lowest BCUT2D eigenvalue weighted by atomic mass is 9.92. The summed E-state index contributed by atoms with van der Waals surface area (Å²) < 4.78 is 5.78. The van der Waals surface area contributed by atoms with Gasteiger partial charge in [-0.2, -0.15) is 0 Å². The zero-order valence-corrected chi connectivity index (χ0v) is 7.67. The molecule has 0 radical (unpaired) electrons. The maximum atomic E-state index is 5.78. The van der Waals surface area contributed by atoms with Crippen LogP contribution in [0.3, 0.4) is 0 Å². The van der Waals surface area contributed by atoms with Gasteiger partial charge in [0.1, 0.15) is 0 Å². The first kappa shape index (κ1) is 8.31. The monoisotopic (exact) mass is 166 g/mol. The van der Waals surface area contributed by atoms with Gasteiger partial charge in [0.25, 0.3) is 0 Å². The van der Waals surface area contributed by atoms with Crippen LogP contribution in [0.1, 0.15) is 38.5 Å². The molecule has 2 aliphatic rings. The molecule has 0 heterocycles. The van der Waals surface area contributed by atoms with Crippen LogP contribution in [0.4, 0.5) is 0 Å². The molecule has 0 saturated heterocycles. The fourth-order valence-corrected chi connectivity index (χ4v) is 1.98. The maximum Gasteiger partial charge on any atom is 0.0575 e. The molecule has 1 atom stereocenters. The molecule has 0 aliphatic heterocycles. The second-order valence-corrected chi connectivity index (χ2v) is 3.99. The van der Waals surface area contributed by atoms with E-state index in [1.54, 1.807) is 0 Å². The van der Waals surface area contributed by atoms with Gasteiger partial charge in [-0.25, -0.2) is 0 Å². The fourth-order valence-electron chi connectivity index (χ4n) is 1.98. The number of ether oxygens (including phenoxy) is 1. The summed E-state index contributed by atoms with van der Waals surface area (Å²) in [4.78, 5) is 0. The predicted octanol–water partition coefficient (Wildman–Crippen LogP) is 2.91. The third-order valence-electron chi connectivity index (χ3n) is 2.99. The van der Waals surface area contributed by atoms with Crippen LogP contribution in [0.2, 0.25) is 0 Å². The number of hydrogen-bond acceptors (Lipinski definition) is 1. The minimum atomic E-state index is 0.606. The van der Waals surface area contributed by atoms with Crippen molar-refractivity contribution in [3.8, 4) is 0 Å². The molecule has 0 aromatic heterocycles. The summed E-state index contributed by atoms with van der Waals surface area (Å²) in [5.74, 6) is 0.839. The zero-order valence-electron chi connectivity index (χ0n) is 7.67. The second-order valence-electron chi connectivity index (χ2n) is 3.99. The van der Waals surface area contributed by atoms with E-state index in [2.05, 4.69) is 12.2 Å². The van der Waals surface area contributed by atoms with Crippen molar-refractivity contribution >= 4 is 0 Å². The lowest BCUT2D eigenvalue weighted by molar-refractivity contribution is 0.0513. The molecule has 1 fully saturated rings. The molecule has 2 aliphatic carbocycles. The standard InChI is InChI=1S/C11H18O/c1-2-7-11(6-1)12-9-8-10-4-3-5-10/h3-4,10-11H,1-2,5-9H2. The Bertz CT molecular complexity index is 156. The smallest absolute Gasteiger partial charge is 0.0575 e. The maximum absolute atomic E-state index is 5.78. The van der Waals surface area contributed by atoms with Crippen molar-refractivity contribution in [1.29, 1.82) is 0 Å². The van der Waals surface area contributed by atoms with Gasteiger partial charge in [-0.1, -0.05) is 25.0 Å². The molecule has 0 N–H and O–H groups in total. The lowest BCUT2D eigenvalue weighted by Gasteiger charge is -2.18. The molecule has 2 rings (SSSR count). The molecular weight excluding hydrogens is 148 g/mol. The van der Waals surface area contributed by atoms with E-state index in [4.69, 9.17) is 4.74 Å². The molecule has 0 bridgehead atoms. The van der Waals surface area contributed by atoms with Gasteiger partial charge in [0.05, 0.1) is 6.10 Å². The van der Waals surface area contributed by atoms with Gasteiger partial charge >= 0.3 is 0 Å². The molecule has 1 unspecified atom stereocenters. The quantitative estimate of drug-likeness (QED) is 0.583. The Morgan fingerprint density at radius 2 is 2.00 bits per heavy atom. The summed E-state index contributed by atoms with van der Waals surface area (Å²) in [5.41, 5.74) is 0. The Kier molecular flexibility index (Phi) is 2.83. The van der Waals surface area contributed by atoms with Crippen LogP contribution < -0.4 is 0 Å². The molecule has 1 saturated carbocycles. The van der Waals surface area contributed by atoms with Crippen molar-refractivity contribution in [2.75, 3.05) is 6.61 Å². The molecule has 1 heteroatoms. The molecule has 68 valence electrons. The zero-order chi connectivity index (χ0) is 8.23. The minimum absolute atomic E-state index is 0.606. The average molecular weight is 166 g/mol. The highest BCUT2D eigenvalue weighted by Crippen LogP contribution is 2.24. The van der Waals surface area contributed by atoms with E-state index in [-0.39, 0.29) is 0 Å². The molecule has 0 aromatic rings. The van der Waals surface area contributed by atoms with Crippen molar-refractivity contribution in [2.24, 2.45) is 5.92 Å². The van der Waals surface area contributed by atoms with E-state index in [0.29, 0.717) is 6.10 Å². The first-order valence-corrected chi connectivity index (χ1v) is 5.23. The Labute approximate surface area is 74.8 Å². The molecule has 0 amide bonds. The first-order valence-electron chi connectivity index (χ1n) is 5.23. The summed E-state index contributed by atoms with van der Waals surface area (Å²) in [7, 11) is 0. The van der Waals surface area contributed by atoms with Crippen molar-refractivity contribution < 1.29 is 4.74 Å². The second kappa shape index (κ2) is 4.08. The van der Waals surface area contributed by atoms with Gasteiger partial charge < -0.3 is 4.74 Å². The molecular formula is C11H18O. The summed E-state index contributed by atoms with van der Waals surface area (Å²) in [6.07, 6.45) is 13.1. The Morgan fingerprint density at radius 3 is 2.58 bits per heavy atom. The summed E-state index contributed by atoms with van der Waals surface area (Å²) in [6.45, 7) is 0.986. The SMILES string of the molecule is C1=CC(CCOC2CCCC2)C1. The highest BCUT2D eigenvalue weighted by atomic mass is 16.5. The van der Waals surface area contributed by atoms with Crippen LogP contribution in [0, 0.1) is 5.92 Å². The van der Waals surface area contributed by atoms with Gasteiger partial charge in [-0.3, -0.25) is 0 Å². The van der Waals surface area contributed by atoms with Gasteiger partial charge in [0.15, 0.2) is 0 Å². The van der Waals surface area contributed by atoms with Gasteiger partial charge in [-0.05, 0) is 31.6 Å². The number of hydrogen-bond donors (Lipinski definition) is 0. The Morgan fingerprint density at radius 1 is 1.25 bits per heavy atom. The van der Waals surface area contributed by atoms with Crippen LogP contribution in [0.25, 0.3) is 0 Å². The predicted molar refractivity (Wildman–Crippen MR) is 50.1 cm³/mol. The van der Waals surface area contributed by atoms with Crippen molar-refractivity contribution in [3.63, 3.8) is 0 Å². The lowest BCUT2D eigenvalue weighted by Crippen LogP contribution is -2.12. The molecule has 1 nitrogen and oxygen atoms in total. The summed E-state index contributed by atoms with van der Waals surface area (Å²) >= 11 is 0. The third-order valence-corrected chi connectivity index (χ3v) is 2.99. The van der Waals surface area contributed by atoms with E-state index in [9.17, 15) is 0 Å². The Hall–Kier alpha value is -0.300. The van der Waals surface area contributed by atoms with Gasteiger partial charge in [0.2, 0.25) is 0 Å². The molecule has 0 aromatic carbocycles. The molecule has 12 heavy (non-hydrogen) atoms. The summed E-state index contributed by atoms with van der Waals surface area (Å²) in [5, 5.41) is 0. The largest absolute Gasteiger partial charge is 0.378 e.